The number of carbonyl (C=O) groups is 1. The lowest BCUT2D eigenvalue weighted by Crippen LogP contribution is -2.22. The summed E-state index contributed by atoms with van der Waals surface area (Å²) in [6.07, 6.45) is 2.74. The van der Waals surface area contributed by atoms with Crippen molar-refractivity contribution >= 4 is 27.9 Å². The Hall–Kier alpha value is -1.49. The Bertz CT molecular complexity index is 412. The summed E-state index contributed by atoms with van der Waals surface area (Å²) >= 11 is 1.39. The second kappa shape index (κ2) is 7.06. The quantitative estimate of drug-likeness (QED) is 0.665. The van der Waals surface area contributed by atoms with Crippen LogP contribution in [0, 0.1) is 5.92 Å². The molecule has 0 radical (unpaired) electrons. The molecule has 0 saturated heterocycles. The van der Waals surface area contributed by atoms with Crippen molar-refractivity contribution in [3.8, 4) is 0 Å². The third-order valence-corrected chi connectivity index (χ3v) is 3.50. The third-order valence-electron chi connectivity index (χ3n) is 2.39. The van der Waals surface area contributed by atoms with E-state index in [4.69, 9.17) is 5.73 Å². The molecule has 1 heterocycles. The van der Waals surface area contributed by atoms with Crippen LogP contribution in [0.25, 0.3) is 0 Å². The minimum absolute atomic E-state index is 0.144. The Kier molecular flexibility index (Phi) is 5.71. The van der Waals surface area contributed by atoms with Crippen LogP contribution in [-0.2, 0) is 0 Å². The lowest BCUT2D eigenvalue weighted by Gasteiger charge is -2.05. The van der Waals surface area contributed by atoms with Crippen LogP contribution in [0.1, 0.15) is 29.9 Å². The number of hydrogen-bond acceptors (Lipinski definition) is 4. The van der Waals surface area contributed by atoms with E-state index in [2.05, 4.69) is 31.1 Å². The van der Waals surface area contributed by atoms with Gasteiger partial charge in [-0.1, -0.05) is 19.9 Å². The molecule has 100 valence electrons. The molecule has 1 amide bonds. The fraction of sp³-hybridized carbons (Fsp3) is 0.462. The molecule has 0 bridgehead atoms. The molecule has 0 unspecified atom stereocenters. The van der Waals surface area contributed by atoms with E-state index in [0.29, 0.717) is 23.0 Å². The normalized spacial score (nSPS) is 10.4. The van der Waals surface area contributed by atoms with Crippen molar-refractivity contribution in [2.24, 2.45) is 5.92 Å². The molecule has 0 fully saturated rings. The smallest absolute Gasteiger partial charge is 0.263 e. The summed E-state index contributed by atoms with van der Waals surface area (Å²) in [5, 5.41) is 6.95. The van der Waals surface area contributed by atoms with Gasteiger partial charge in [-0.05, 0) is 18.4 Å². The standard InChI is InChI=1S/C13H21N3OS/c1-4-6-16-13(17)12-10(14)8-11(18-12)15-7-5-9(2)3/h4,8-9,15H,1,5-7,14H2,2-3H3,(H,16,17). The van der Waals surface area contributed by atoms with Crippen LogP contribution in [0.15, 0.2) is 18.7 Å². The molecule has 0 aliphatic rings. The first-order chi connectivity index (χ1) is 8.54. The van der Waals surface area contributed by atoms with Gasteiger partial charge in [0.1, 0.15) is 4.88 Å². The summed E-state index contributed by atoms with van der Waals surface area (Å²) in [7, 11) is 0. The van der Waals surface area contributed by atoms with E-state index in [1.165, 1.54) is 11.3 Å². The van der Waals surface area contributed by atoms with Crippen LogP contribution in [-0.4, -0.2) is 19.0 Å². The summed E-state index contributed by atoms with van der Waals surface area (Å²) in [6, 6.07) is 1.81. The topological polar surface area (TPSA) is 67.2 Å². The summed E-state index contributed by atoms with van der Waals surface area (Å²) in [6.45, 7) is 9.26. The Morgan fingerprint density at radius 1 is 1.61 bits per heavy atom. The third kappa shape index (κ3) is 4.41. The molecule has 1 aromatic rings. The maximum Gasteiger partial charge on any atom is 0.263 e. The molecule has 0 aliphatic heterocycles. The molecule has 1 rings (SSSR count). The zero-order chi connectivity index (χ0) is 13.5. The molecule has 0 aromatic carbocycles. The highest BCUT2D eigenvalue weighted by Crippen LogP contribution is 2.29. The molecule has 1 aromatic heterocycles. The van der Waals surface area contributed by atoms with Crippen molar-refractivity contribution in [3.63, 3.8) is 0 Å². The average molecular weight is 267 g/mol. The lowest BCUT2D eigenvalue weighted by atomic mass is 10.1. The summed E-state index contributed by atoms with van der Waals surface area (Å²) in [4.78, 5) is 12.3. The van der Waals surface area contributed by atoms with Crippen molar-refractivity contribution in [2.45, 2.75) is 20.3 Å². The number of nitrogens with one attached hydrogen (secondary N) is 2. The van der Waals surface area contributed by atoms with Crippen LogP contribution in [0.5, 0.6) is 0 Å². The van der Waals surface area contributed by atoms with Gasteiger partial charge in [-0.2, -0.15) is 0 Å². The SMILES string of the molecule is C=CCNC(=O)c1sc(NCCC(C)C)cc1N. The fourth-order valence-electron chi connectivity index (χ4n) is 1.40. The molecule has 0 aliphatic carbocycles. The van der Waals surface area contributed by atoms with E-state index < -0.39 is 0 Å². The highest BCUT2D eigenvalue weighted by molar-refractivity contribution is 7.18. The van der Waals surface area contributed by atoms with Gasteiger partial charge < -0.3 is 16.4 Å². The first-order valence-corrected chi connectivity index (χ1v) is 6.88. The molecule has 0 atom stereocenters. The van der Waals surface area contributed by atoms with Gasteiger partial charge in [-0.15, -0.1) is 17.9 Å². The average Bonchev–Trinajstić information content (AvgIpc) is 2.67. The number of rotatable bonds is 7. The molecule has 5 heteroatoms. The second-order valence-electron chi connectivity index (χ2n) is 4.50. The number of nitrogens with two attached hydrogens (primary N) is 1. The predicted molar refractivity (Wildman–Crippen MR) is 79.2 cm³/mol. The van der Waals surface area contributed by atoms with Crippen LogP contribution < -0.4 is 16.4 Å². The van der Waals surface area contributed by atoms with Crippen LogP contribution in [0.4, 0.5) is 10.7 Å². The van der Waals surface area contributed by atoms with Crippen molar-refractivity contribution < 1.29 is 4.79 Å². The van der Waals surface area contributed by atoms with Crippen LogP contribution in [0.3, 0.4) is 0 Å². The molecule has 18 heavy (non-hydrogen) atoms. The van der Waals surface area contributed by atoms with E-state index >= 15 is 0 Å². The minimum Gasteiger partial charge on any atom is -0.397 e. The highest BCUT2D eigenvalue weighted by Gasteiger charge is 2.13. The zero-order valence-corrected chi connectivity index (χ0v) is 11.8. The maximum atomic E-state index is 11.8. The number of anilines is 2. The van der Waals surface area contributed by atoms with Crippen LogP contribution in [0.2, 0.25) is 0 Å². The van der Waals surface area contributed by atoms with Gasteiger partial charge in [0, 0.05) is 13.1 Å². The lowest BCUT2D eigenvalue weighted by molar-refractivity contribution is 0.0963. The van der Waals surface area contributed by atoms with Gasteiger partial charge >= 0.3 is 0 Å². The van der Waals surface area contributed by atoms with Crippen LogP contribution >= 0.6 is 11.3 Å². The monoisotopic (exact) mass is 267 g/mol. The largest absolute Gasteiger partial charge is 0.397 e. The van der Waals surface area contributed by atoms with Crippen molar-refractivity contribution in [1.82, 2.24) is 5.32 Å². The van der Waals surface area contributed by atoms with Gasteiger partial charge in [-0.25, -0.2) is 0 Å². The summed E-state index contributed by atoms with van der Waals surface area (Å²) < 4.78 is 0. The molecule has 4 N–H and O–H groups in total. The summed E-state index contributed by atoms with van der Waals surface area (Å²) in [5.74, 6) is 0.513. The van der Waals surface area contributed by atoms with Crippen molar-refractivity contribution in [3.05, 3.63) is 23.6 Å². The number of amides is 1. The fourth-order valence-corrected chi connectivity index (χ4v) is 2.32. The Morgan fingerprint density at radius 3 is 2.94 bits per heavy atom. The highest BCUT2D eigenvalue weighted by atomic mass is 32.1. The number of hydrogen-bond donors (Lipinski definition) is 3. The minimum atomic E-state index is -0.144. The van der Waals surface area contributed by atoms with E-state index in [0.717, 1.165) is 18.0 Å². The van der Waals surface area contributed by atoms with E-state index in [1.54, 1.807) is 6.08 Å². The first kappa shape index (κ1) is 14.6. The number of nitrogen functional groups attached to an aromatic ring is 1. The predicted octanol–water partition coefficient (Wildman–Crippen LogP) is 2.70. The van der Waals surface area contributed by atoms with Gasteiger partial charge in [0.2, 0.25) is 0 Å². The van der Waals surface area contributed by atoms with E-state index in [9.17, 15) is 4.79 Å². The maximum absolute atomic E-state index is 11.8. The second-order valence-corrected chi connectivity index (χ2v) is 5.56. The van der Waals surface area contributed by atoms with Gasteiger partial charge in [-0.3, -0.25) is 4.79 Å². The molecule has 4 nitrogen and oxygen atoms in total. The molecule has 0 spiro atoms. The zero-order valence-electron chi connectivity index (χ0n) is 11.0. The molecule has 0 saturated carbocycles. The molecular weight excluding hydrogens is 246 g/mol. The van der Waals surface area contributed by atoms with E-state index in [1.807, 2.05) is 6.07 Å². The van der Waals surface area contributed by atoms with Crippen molar-refractivity contribution in [2.75, 3.05) is 24.1 Å². The van der Waals surface area contributed by atoms with Gasteiger partial charge in [0.15, 0.2) is 0 Å². The van der Waals surface area contributed by atoms with E-state index in [-0.39, 0.29) is 5.91 Å². The van der Waals surface area contributed by atoms with Gasteiger partial charge in [0.05, 0.1) is 10.7 Å². The molecular formula is C13H21N3OS. The Balaban J connectivity index is 2.58. The number of carbonyl (C=O) groups excluding carboxylic acids is 1. The Labute approximate surface area is 112 Å². The Morgan fingerprint density at radius 2 is 2.33 bits per heavy atom. The first-order valence-electron chi connectivity index (χ1n) is 6.06. The van der Waals surface area contributed by atoms with Gasteiger partial charge in [0.25, 0.3) is 5.91 Å². The summed E-state index contributed by atoms with van der Waals surface area (Å²) in [5.41, 5.74) is 6.35. The number of thiophene rings is 1. The van der Waals surface area contributed by atoms with Crippen molar-refractivity contribution in [1.29, 1.82) is 0 Å².